The predicted molar refractivity (Wildman–Crippen MR) is 148 cm³/mol. The van der Waals surface area contributed by atoms with Gasteiger partial charge in [-0.05, 0) is 38.1 Å². The molecule has 0 aromatic heterocycles. The molecule has 1 aliphatic rings. The molecule has 4 rings (SSSR count). The Bertz CT molecular complexity index is 1360. The molecule has 2 unspecified atom stereocenters. The largest absolute Gasteiger partial charge is 0.497 e. The van der Waals surface area contributed by atoms with Gasteiger partial charge in [-0.1, -0.05) is 41.4 Å². The van der Waals surface area contributed by atoms with E-state index < -0.39 is 18.2 Å². The second-order valence-electron chi connectivity index (χ2n) is 9.04. The molecular formula is C30H32ClNO7. The fourth-order valence-corrected chi connectivity index (χ4v) is 4.97. The van der Waals surface area contributed by atoms with Crippen LogP contribution in [0.15, 0.2) is 54.6 Å². The van der Waals surface area contributed by atoms with Gasteiger partial charge in [0, 0.05) is 22.8 Å². The number of amides is 1. The lowest BCUT2D eigenvalue weighted by atomic mass is 9.97. The minimum Gasteiger partial charge on any atom is -0.497 e. The topological polar surface area (TPSA) is 83.5 Å². The molecular weight excluding hydrogens is 522 g/mol. The van der Waals surface area contributed by atoms with Gasteiger partial charge < -0.3 is 28.6 Å². The van der Waals surface area contributed by atoms with Gasteiger partial charge in [-0.25, -0.2) is 0 Å². The molecule has 0 N–H and O–H groups in total. The molecule has 1 aliphatic heterocycles. The number of hydrogen-bond acceptors (Lipinski definition) is 7. The van der Waals surface area contributed by atoms with E-state index in [2.05, 4.69) is 0 Å². The van der Waals surface area contributed by atoms with Crippen molar-refractivity contribution < 1.29 is 33.3 Å². The summed E-state index contributed by atoms with van der Waals surface area (Å²) in [6.07, 6.45) is -2.14. The SMILES string of the molecule is CCOC(=O)CC1OC(c2cccc(OC)c2Cl)c2cc(C)ccc2N(Cc2ccc(OC)cc2OC)C1=O. The van der Waals surface area contributed by atoms with Gasteiger partial charge >= 0.3 is 5.97 Å². The van der Waals surface area contributed by atoms with Gasteiger partial charge in [0.25, 0.3) is 5.91 Å². The van der Waals surface area contributed by atoms with E-state index in [4.69, 9.17) is 35.3 Å². The average Bonchev–Trinajstić information content (AvgIpc) is 3.04. The van der Waals surface area contributed by atoms with E-state index in [-0.39, 0.29) is 25.5 Å². The summed E-state index contributed by atoms with van der Waals surface area (Å²) in [5.74, 6) is 0.757. The van der Waals surface area contributed by atoms with E-state index >= 15 is 0 Å². The van der Waals surface area contributed by atoms with E-state index in [1.807, 2.05) is 49.4 Å². The number of fused-ring (bicyclic) bond motifs is 1. The van der Waals surface area contributed by atoms with Crippen LogP contribution in [0.25, 0.3) is 0 Å². The number of carbonyl (C=O) groups is 2. The number of anilines is 1. The molecule has 206 valence electrons. The van der Waals surface area contributed by atoms with Crippen LogP contribution in [0.3, 0.4) is 0 Å². The summed E-state index contributed by atoms with van der Waals surface area (Å²) < 4.78 is 28.0. The fraction of sp³-hybridized carbons (Fsp3) is 0.333. The number of methoxy groups -OCH3 is 3. The molecule has 8 nitrogen and oxygen atoms in total. The smallest absolute Gasteiger partial charge is 0.308 e. The van der Waals surface area contributed by atoms with Crippen LogP contribution in [-0.4, -0.2) is 45.9 Å². The molecule has 2 atom stereocenters. The maximum Gasteiger partial charge on any atom is 0.308 e. The summed E-state index contributed by atoms with van der Waals surface area (Å²) in [5.41, 5.74) is 3.72. The normalized spacial score (nSPS) is 16.8. The number of ether oxygens (including phenoxy) is 5. The number of hydrogen-bond donors (Lipinski definition) is 0. The Kier molecular flexibility index (Phi) is 8.99. The van der Waals surface area contributed by atoms with E-state index in [0.29, 0.717) is 33.5 Å². The van der Waals surface area contributed by atoms with E-state index in [1.54, 1.807) is 38.2 Å². The predicted octanol–water partition coefficient (Wildman–Crippen LogP) is 5.65. The van der Waals surface area contributed by atoms with Crippen LogP contribution in [0.2, 0.25) is 5.02 Å². The third-order valence-corrected chi connectivity index (χ3v) is 6.98. The van der Waals surface area contributed by atoms with Crippen molar-refractivity contribution in [1.29, 1.82) is 0 Å². The van der Waals surface area contributed by atoms with E-state index in [1.165, 1.54) is 7.11 Å². The maximum absolute atomic E-state index is 14.1. The number of benzene rings is 3. The number of rotatable bonds is 9. The molecule has 0 spiro atoms. The molecule has 39 heavy (non-hydrogen) atoms. The van der Waals surface area contributed by atoms with Crippen molar-refractivity contribution in [3.63, 3.8) is 0 Å². The van der Waals surface area contributed by atoms with Gasteiger partial charge in [0.15, 0.2) is 0 Å². The highest BCUT2D eigenvalue weighted by Crippen LogP contribution is 2.44. The first-order valence-corrected chi connectivity index (χ1v) is 12.9. The molecule has 0 bridgehead atoms. The summed E-state index contributed by atoms with van der Waals surface area (Å²) in [6.45, 7) is 4.04. The van der Waals surface area contributed by atoms with Gasteiger partial charge in [-0.3, -0.25) is 9.59 Å². The number of nitrogens with zero attached hydrogens (tertiary/aromatic N) is 1. The van der Waals surface area contributed by atoms with E-state index in [0.717, 1.165) is 16.7 Å². The summed E-state index contributed by atoms with van der Waals surface area (Å²) in [5, 5.41) is 0.366. The lowest BCUT2D eigenvalue weighted by molar-refractivity contribution is -0.151. The van der Waals surface area contributed by atoms with Crippen LogP contribution in [-0.2, 0) is 25.6 Å². The van der Waals surface area contributed by atoms with Gasteiger partial charge in [-0.2, -0.15) is 0 Å². The first kappa shape index (κ1) is 28.3. The third-order valence-electron chi connectivity index (χ3n) is 6.57. The highest BCUT2D eigenvalue weighted by molar-refractivity contribution is 6.33. The standard InChI is InChI=1S/C30H32ClNO7/c1-6-38-27(33)16-26-30(34)32(17-19-11-12-20(35-3)15-25(19)37-5)23-13-10-18(2)14-22(23)29(39-26)21-8-7-9-24(36-4)28(21)31/h7-15,26,29H,6,16-17H2,1-5H3. The number of halogens is 1. The first-order chi connectivity index (χ1) is 18.8. The van der Waals surface area contributed by atoms with Crippen molar-refractivity contribution >= 4 is 29.2 Å². The zero-order valence-electron chi connectivity index (χ0n) is 22.7. The van der Waals surface area contributed by atoms with Crippen molar-refractivity contribution in [2.45, 2.75) is 39.0 Å². The minimum atomic E-state index is -1.13. The molecule has 0 aliphatic carbocycles. The number of carbonyl (C=O) groups excluding carboxylic acids is 2. The second-order valence-corrected chi connectivity index (χ2v) is 9.42. The lowest BCUT2D eigenvalue weighted by Crippen LogP contribution is -2.40. The van der Waals surface area contributed by atoms with Gasteiger partial charge in [0.2, 0.25) is 0 Å². The van der Waals surface area contributed by atoms with Crippen molar-refractivity contribution in [3.8, 4) is 17.2 Å². The van der Waals surface area contributed by atoms with Crippen LogP contribution < -0.4 is 19.1 Å². The molecule has 1 amide bonds. The van der Waals surface area contributed by atoms with Crippen LogP contribution >= 0.6 is 11.6 Å². The Hall–Kier alpha value is -3.75. The first-order valence-electron chi connectivity index (χ1n) is 12.6. The van der Waals surface area contributed by atoms with E-state index in [9.17, 15) is 9.59 Å². The molecule has 0 saturated carbocycles. The van der Waals surface area contributed by atoms with Gasteiger partial charge in [0.1, 0.15) is 29.5 Å². The monoisotopic (exact) mass is 553 g/mol. The summed E-state index contributed by atoms with van der Waals surface area (Å²) in [4.78, 5) is 28.3. The summed E-state index contributed by atoms with van der Waals surface area (Å²) >= 11 is 6.75. The summed E-state index contributed by atoms with van der Waals surface area (Å²) in [6, 6.07) is 16.6. The Morgan fingerprint density at radius 3 is 2.44 bits per heavy atom. The van der Waals surface area contributed by atoms with Crippen molar-refractivity contribution in [2.75, 3.05) is 32.8 Å². The number of aryl methyl sites for hydroxylation is 1. The Morgan fingerprint density at radius 2 is 1.74 bits per heavy atom. The zero-order valence-corrected chi connectivity index (χ0v) is 23.4. The van der Waals surface area contributed by atoms with Crippen LogP contribution in [0.5, 0.6) is 17.2 Å². The Morgan fingerprint density at radius 1 is 0.974 bits per heavy atom. The van der Waals surface area contributed by atoms with Gasteiger partial charge in [-0.15, -0.1) is 0 Å². The summed E-state index contributed by atoms with van der Waals surface area (Å²) in [7, 11) is 4.67. The molecule has 3 aromatic carbocycles. The Balaban J connectivity index is 1.88. The highest BCUT2D eigenvalue weighted by Gasteiger charge is 2.39. The quantitative estimate of drug-likeness (QED) is 0.317. The molecule has 3 aromatic rings. The van der Waals surface area contributed by atoms with Crippen molar-refractivity contribution in [2.24, 2.45) is 0 Å². The molecule has 9 heteroatoms. The molecule has 0 saturated heterocycles. The highest BCUT2D eigenvalue weighted by atomic mass is 35.5. The third kappa shape index (κ3) is 5.97. The molecule has 1 heterocycles. The van der Waals surface area contributed by atoms with Crippen molar-refractivity contribution in [3.05, 3.63) is 81.9 Å². The molecule has 0 fully saturated rings. The lowest BCUT2D eigenvalue weighted by Gasteiger charge is -2.26. The Labute approximate surface area is 233 Å². The molecule has 0 radical (unpaired) electrons. The minimum absolute atomic E-state index is 0.170. The second kappa shape index (κ2) is 12.4. The van der Waals surface area contributed by atoms with Crippen LogP contribution in [0.4, 0.5) is 5.69 Å². The maximum atomic E-state index is 14.1. The van der Waals surface area contributed by atoms with Crippen LogP contribution in [0.1, 0.15) is 41.7 Å². The zero-order chi connectivity index (χ0) is 28.1. The fourth-order valence-electron chi connectivity index (χ4n) is 4.67. The average molecular weight is 554 g/mol. The number of esters is 1. The van der Waals surface area contributed by atoms with Crippen LogP contribution in [0, 0.1) is 6.92 Å². The van der Waals surface area contributed by atoms with Crippen molar-refractivity contribution in [1.82, 2.24) is 0 Å². The van der Waals surface area contributed by atoms with Gasteiger partial charge in [0.05, 0.1) is 51.6 Å².